The Morgan fingerprint density at radius 2 is 1.88 bits per heavy atom. The van der Waals surface area contributed by atoms with Crippen LogP contribution in [0.5, 0.6) is 11.5 Å². The second-order valence-corrected chi connectivity index (χ2v) is 6.76. The molecular formula is C19H30IN3O2. The highest BCUT2D eigenvalue weighted by Crippen LogP contribution is 2.32. The van der Waals surface area contributed by atoms with Gasteiger partial charge in [-0.05, 0) is 62.1 Å². The Hall–Kier alpha value is -1.18. The van der Waals surface area contributed by atoms with Crippen molar-refractivity contribution >= 4 is 29.9 Å². The normalized spacial score (nSPS) is 17.8. The van der Waals surface area contributed by atoms with Gasteiger partial charge in [-0.25, -0.2) is 0 Å². The van der Waals surface area contributed by atoms with Crippen molar-refractivity contribution in [3.8, 4) is 11.5 Å². The van der Waals surface area contributed by atoms with E-state index in [-0.39, 0.29) is 24.0 Å². The molecule has 2 fully saturated rings. The summed E-state index contributed by atoms with van der Waals surface area (Å²) in [7, 11) is 3.51. The number of halogens is 1. The van der Waals surface area contributed by atoms with Crippen LogP contribution in [-0.4, -0.2) is 32.8 Å². The highest BCUT2D eigenvalue weighted by Gasteiger charge is 2.21. The van der Waals surface area contributed by atoms with Gasteiger partial charge in [0.1, 0.15) is 0 Å². The van der Waals surface area contributed by atoms with Gasteiger partial charge in [0, 0.05) is 20.1 Å². The van der Waals surface area contributed by atoms with Gasteiger partial charge in [0.15, 0.2) is 17.5 Å². The maximum absolute atomic E-state index is 6.09. The number of benzene rings is 1. The number of guanidine groups is 1. The summed E-state index contributed by atoms with van der Waals surface area (Å²) in [6.07, 6.45) is 7.84. The summed E-state index contributed by atoms with van der Waals surface area (Å²) < 4.78 is 11.6. The molecule has 0 atom stereocenters. The first-order valence-electron chi connectivity index (χ1n) is 9.06. The molecule has 6 heteroatoms. The van der Waals surface area contributed by atoms with Gasteiger partial charge in [0.05, 0.1) is 13.2 Å². The Labute approximate surface area is 168 Å². The Morgan fingerprint density at radius 1 is 1.12 bits per heavy atom. The smallest absolute Gasteiger partial charge is 0.191 e. The largest absolute Gasteiger partial charge is 0.493 e. The third kappa shape index (κ3) is 6.24. The number of ether oxygens (including phenoxy) is 2. The summed E-state index contributed by atoms with van der Waals surface area (Å²) in [6.45, 7) is 1.72. The first kappa shape index (κ1) is 20.1. The lowest BCUT2D eigenvalue weighted by Crippen LogP contribution is -2.37. The third-order valence-corrected chi connectivity index (χ3v) is 4.76. The molecule has 140 valence electrons. The van der Waals surface area contributed by atoms with Gasteiger partial charge in [0.25, 0.3) is 0 Å². The number of nitrogens with zero attached hydrogens (tertiary/aromatic N) is 1. The molecule has 2 N–H and O–H groups in total. The molecule has 25 heavy (non-hydrogen) atoms. The van der Waals surface area contributed by atoms with Gasteiger partial charge >= 0.3 is 0 Å². The minimum atomic E-state index is 0. The van der Waals surface area contributed by atoms with E-state index in [1.54, 1.807) is 14.2 Å². The van der Waals surface area contributed by atoms with Gasteiger partial charge in [-0.2, -0.15) is 0 Å². The van der Waals surface area contributed by atoms with Crippen molar-refractivity contribution in [1.29, 1.82) is 0 Å². The second kappa shape index (κ2) is 10.1. The van der Waals surface area contributed by atoms with Crippen molar-refractivity contribution < 1.29 is 9.47 Å². The van der Waals surface area contributed by atoms with Crippen LogP contribution >= 0.6 is 24.0 Å². The first-order chi connectivity index (χ1) is 11.8. The van der Waals surface area contributed by atoms with Gasteiger partial charge < -0.3 is 20.1 Å². The number of hydrogen-bond donors (Lipinski definition) is 2. The van der Waals surface area contributed by atoms with Crippen LogP contribution in [0.3, 0.4) is 0 Å². The Bertz CT molecular complexity index is 570. The van der Waals surface area contributed by atoms with Crippen molar-refractivity contribution in [2.24, 2.45) is 10.9 Å². The molecule has 0 spiro atoms. The summed E-state index contributed by atoms with van der Waals surface area (Å²) in [4.78, 5) is 4.27. The Kier molecular flexibility index (Phi) is 8.12. The molecule has 1 aromatic carbocycles. The van der Waals surface area contributed by atoms with Crippen molar-refractivity contribution in [2.45, 2.75) is 51.2 Å². The van der Waals surface area contributed by atoms with Crippen LogP contribution in [0, 0.1) is 5.92 Å². The number of methoxy groups -OCH3 is 1. The lowest BCUT2D eigenvalue weighted by Gasteiger charge is -2.17. The van der Waals surface area contributed by atoms with E-state index >= 15 is 0 Å². The fourth-order valence-corrected chi connectivity index (χ4v) is 3.07. The van der Waals surface area contributed by atoms with Gasteiger partial charge in [-0.1, -0.05) is 6.07 Å². The first-order valence-corrected chi connectivity index (χ1v) is 9.06. The standard InChI is InChI=1S/C19H29N3O2.HI/c1-20-19(21-12-14-7-8-14)22-13-15-9-10-17(18(11-15)23-2)24-16-5-3-4-6-16;/h9-11,14,16H,3-8,12-13H2,1-2H3,(H2,20,21,22);1H. The Morgan fingerprint density at radius 3 is 2.52 bits per heavy atom. The van der Waals surface area contributed by atoms with Crippen LogP contribution in [0.1, 0.15) is 44.1 Å². The number of rotatable bonds is 7. The summed E-state index contributed by atoms with van der Waals surface area (Å²) >= 11 is 0. The molecule has 5 nitrogen and oxygen atoms in total. The molecular weight excluding hydrogens is 429 g/mol. The average molecular weight is 459 g/mol. The van der Waals surface area contributed by atoms with Crippen LogP contribution in [0.15, 0.2) is 23.2 Å². The zero-order valence-corrected chi connectivity index (χ0v) is 17.5. The predicted octanol–water partition coefficient (Wildman–Crippen LogP) is 3.71. The van der Waals surface area contributed by atoms with Crippen LogP contribution in [0.4, 0.5) is 0 Å². The van der Waals surface area contributed by atoms with Crippen LogP contribution in [0.2, 0.25) is 0 Å². The van der Waals surface area contributed by atoms with Crippen LogP contribution < -0.4 is 20.1 Å². The molecule has 0 amide bonds. The Balaban J connectivity index is 0.00000225. The zero-order valence-electron chi connectivity index (χ0n) is 15.2. The van der Waals surface area contributed by atoms with E-state index in [0.717, 1.165) is 48.3 Å². The van der Waals surface area contributed by atoms with Crippen molar-refractivity contribution in [2.75, 3.05) is 20.7 Å². The molecule has 0 aromatic heterocycles. The van der Waals surface area contributed by atoms with E-state index < -0.39 is 0 Å². The number of hydrogen-bond acceptors (Lipinski definition) is 3. The highest BCUT2D eigenvalue weighted by molar-refractivity contribution is 14.0. The van der Waals surface area contributed by atoms with Crippen LogP contribution in [-0.2, 0) is 6.54 Å². The molecule has 2 aliphatic carbocycles. The molecule has 0 unspecified atom stereocenters. The molecule has 3 rings (SSSR count). The van der Waals surface area contributed by atoms with Gasteiger partial charge in [-0.3, -0.25) is 4.99 Å². The maximum atomic E-state index is 6.09. The molecule has 1 aromatic rings. The summed E-state index contributed by atoms with van der Waals surface area (Å²) in [6, 6.07) is 6.16. The molecule has 0 bridgehead atoms. The number of aliphatic imine (C=N–C) groups is 1. The average Bonchev–Trinajstić information content (AvgIpc) is 3.30. The van der Waals surface area contributed by atoms with Crippen molar-refractivity contribution in [3.63, 3.8) is 0 Å². The lowest BCUT2D eigenvalue weighted by atomic mass is 10.2. The summed E-state index contributed by atoms with van der Waals surface area (Å²) in [5, 5.41) is 6.73. The number of nitrogens with one attached hydrogen (secondary N) is 2. The topological polar surface area (TPSA) is 54.9 Å². The monoisotopic (exact) mass is 459 g/mol. The van der Waals surface area contributed by atoms with E-state index in [0.29, 0.717) is 12.6 Å². The minimum Gasteiger partial charge on any atom is -0.493 e. The van der Waals surface area contributed by atoms with Crippen LogP contribution in [0.25, 0.3) is 0 Å². The van der Waals surface area contributed by atoms with Crippen molar-refractivity contribution in [3.05, 3.63) is 23.8 Å². The quantitative estimate of drug-likeness (QED) is 0.371. The molecule has 0 radical (unpaired) electrons. The van der Waals surface area contributed by atoms with E-state index in [1.165, 1.54) is 25.7 Å². The molecule has 2 aliphatic rings. The zero-order chi connectivity index (χ0) is 16.8. The molecule has 0 aliphatic heterocycles. The van der Waals surface area contributed by atoms with E-state index in [4.69, 9.17) is 9.47 Å². The summed E-state index contributed by atoms with van der Waals surface area (Å²) in [5.74, 6) is 3.34. The van der Waals surface area contributed by atoms with Gasteiger partial charge in [0.2, 0.25) is 0 Å². The second-order valence-electron chi connectivity index (χ2n) is 6.76. The fraction of sp³-hybridized carbons (Fsp3) is 0.632. The SMILES string of the molecule is CN=C(NCc1ccc(OC2CCCC2)c(OC)c1)NCC1CC1.I. The van der Waals surface area contributed by atoms with Crippen molar-refractivity contribution in [1.82, 2.24) is 10.6 Å². The van der Waals surface area contributed by atoms with E-state index in [9.17, 15) is 0 Å². The molecule has 2 saturated carbocycles. The predicted molar refractivity (Wildman–Crippen MR) is 112 cm³/mol. The molecule has 0 heterocycles. The minimum absolute atomic E-state index is 0. The molecule has 0 saturated heterocycles. The highest BCUT2D eigenvalue weighted by atomic mass is 127. The summed E-state index contributed by atoms with van der Waals surface area (Å²) in [5.41, 5.74) is 1.15. The third-order valence-electron chi connectivity index (χ3n) is 4.76. The fourth-order valence-electron chi connectivity index (χ4n) is 3.07. The van der Waals surface area contributed by atoms with Gasteiger partial charge in [-0.15, -0.1) is 24.0 Å². The lowest BCUT2D eigenvalue weighted by molar-refractivity contribution is 0.200. The maximum Gasteiger partial charge on any atom is 0.191 e. The van der Waals surface area contributed by atoms with E-state index in [1.807, 2.05) is 12.1 Å². The van der Waals surface area contributed by atoms with E-state index in [2.05, 4.69) is 21.7 Å².